The number of nitrogens with zero attached hydrogens (tertiary/aromatic N) is 1. The zero-order valence-electron chi connectivity index (χ0n) is 10.9. The number of nitrogens with two attached hydrogens (primary N) is 1. The molecule has 3 N–H and O–H groups in total. The molecule has 1 atom stereocenters. The quantitative estimate of drug-likeness (QED) is 0.753. The molecule has 0 aliphatic carbocycles. The molecule has 0 bridgehead atoms. The van der Waals surface area contributed by atoms with E-state index in [1.165, 1.54) is 0 Å². The molecule has 5 heteroatoms. The second-order valence-corrected chi connectivity index (χ2v) is 5.15. The second kappa shape index (κ2) is 5.09. The smallest absolute Gasteiger partial charge is 0.322 e. The van der Waals surface area contributed by atoms with E-state index in [1.807, 2.05) is 23.1 Å². The predicted octanol–water partition coefficient (Wildman–Crippen LogP) is 1.52. The third kappa shape index (κ3) is 2.51. The van der Waals surface area contributed by atoms with Crippen molar-refractivity contribution in [3.05, 3.63) is 23.8 Å². The number of nitrogens with one attached hydrogen (secondary N) is 1. The first kappa shape index (κ1) is 12.3. The van der Waals surface area contributed by atoms with Gasteiger partial charge in [-0.3, -0.25) is 4.90 Å². The monoisotopic (exact) mass is 261 g/mol. The Hall–Kier alpha value is -1.75. The number of nitrogen functional groups attached to an aromatic ring is 1. The van der Waals surface area contributed by atoms with Crippen LogP contribution in [0.3, 0.4) is 0 Å². The van der Waals surface area contributed by atoms with Crippen molar-refractivity contribution >= 4 is 17.4 Å². The topological polar surface area (TPSA) is 67.6 Å². The number of hydrogen-bond donors (Lipinski definition) is 2. The van der Waals surface area contributed by atoms with Crippen molar-refractivity contribution in [2.45, 2.75) is 25.3 Å². The maximum atomic E-state index is 12.3. The number of aryl methyl sites for hydroxylation is 1. The van der Waals surface area contributed by atoms with Crippen LogP contribution in [0.15, 0.2) is 18.2 Å². The van der Waals surface area contributed by atoms with E-state index in [1.54, 1.807) is 0 Å². The molecule has 0 radical (unpaired) electrons. The fraction of sp³-hybridized carbons (Fsp3) is 0.500. The van der Waals surface area contributed by atoms with Gasteiger partial charge in [-0.1, -0.05) is 0 Å². The van der Waals surface area contributed by atoms with Crippen molar-refractivity contribution in [3.63, 3.8) is 0 Å². The third-order valence-corrected chi connectivity index (χ3v) is 3.72. The number of rotatable bonds is 1. The predicted molar refractivity (Wildman–Crippen MR) is 74.3 cm³/mol. The maximum absolute atomic E-state index is 12.3. The average Bonchev–Trinajstić information content (AvgIpc) is 2.90. The molecule has 1 aromatic carbocycles. The first-order valence-electron chi connectivity index (χ1n) is 6.78. The number of carbonyl (C=O) groups is 1. The zero-order valence-corrected chi connectivity index (χ0v) is 10.9. The largest absolute Gasteiger partial charge is 0.399 e. The molecule has 5 nitrogen and oxygen atoms in total. The van der Waals surface area contributed by atoms with E-state index in [-0.39, 0.29) is 12.1 Å². The summed E-state index contributed by atoms with van der Waals surface area (Å²) in [4.78, 5) is 14.1. The highest BCUT2D eigenvalue weighted by Crippen LogP contribution is 2.28. The van der Waals surface area contributed by atoms with E-state index < -0.39 is 0 Å². The molecule has 1 unspecified atom stereocenters. The van der Waals surface area contributed by atoms with E-state index in [0.717, 1.165) is 49.4 Å². The van der Waals surface area contributed by atoms with E-state index in [9.17, 15) is 4.79 Å². The van der Waals surface area contributed by atoms with Crippen molar-refractivity contribution in [2.75, 3.05) is 30.4 Å². The van der Waals surface area contributed by atoms with E-state index >= 15 is 0 Å². The van der Waals surface area contributed by atoms with Gasteiger partial charge in [-0.05, 0) is 43.0 Å². The highest BCUT2D eigenvalue weighted by Gasteiger charge is 2.25. The van der Waals surface area contributed by atoms with Gasteiger partial charge in [0.05, 0.1) is 12.6 Å². The molecular weight excluding hydrogens is 242 g/mol. The lowest BCUT2D eigenvalue weighted by atomic mass is 10.0. The van der Waals surface area contributed by atoms with Crippen molar-refractivity contribution in [2.24, 2.45) is 0 Å². The highest BCUT2D eigenvalue weighted by atomic mass is 16.5. The van der Waals surface area contributed by atoms with Crippen LogP contribution in [0.4, 0.5) is 16.2 Å². The number of anilines is 2. The summed E-state index contributed by atoms with van der Waals surface area (Å²) < 4.78 is 5.28. The summed E-state index contributed by atoms with van der Waals surface area (Å²) in [6, 6.07) is 5.87. The summed E-state index contributed by atoms with van der Waals surface area (Å²) >= 11 is 0. The molecule has 2 amide bonds. The van der Waals surface area contributed by atoms with Crippen molar-refractivity contribution < 1.29 is 9.53 Å². The van der Waals surface area contributed by atoms with E-state index in [0.29, 0.717) is 6.61 Å². The first-order valence-corrected chi connectivity index (χ1v) is 6.78. The lowest BCUT2D eigenvalue weighted by molar-refractivity contribution is 0.189. The Morgan fingerprint density at radius 2 is 2.37 bits per heavy atom. The Kier molecular flexibility index (Phi) is 3.29. The zero-order chi connectivity index (χ0) is 13.2. The molecular formula is C14H19N3O2. The maximum Gasteiger partial charge on any atom is 0.322 e. The van der Waals surface area contributed by atoms with Crippen LogP contribution >= 0.6 is 0 Å². The fourth-order valence-electron chi connectivity index (χ4n) is 2.73. The van der Waals surface area contributed by atoms with Crippen LogP contribution in [-0.2, 0) is 11.2 Å². The Balaban J connectivity index is 1.76. The summed E-state index contributed by atoms with van der Waals surface area (Å²) in [6.07, 6.45) is 2.86. The van der Waals surface area contributed by atoms with Crippen LogP contribution in [0, 0.1) is 0 Å². The van der Waals surface area contributed by atoms with Crippen molar-refractivity contribution in [1.29, 1.82) is 0 Å². The molecule has 19 heavy (non-hydrogen) atoms. The van der Waals surface area contributed by atoms with Gasteiger partial charge in [0, 0.05) is 24.5 Å². The molecule has 3 rings (SSSR count). The van der Waals surface area contributed by atoms with Gasteiger partial charge in [0.25, 0.3) is 0 Å². The normalized spacial score (nSPS) is 22.1. The standard InChI is InChI=1S/C14H19N3O2/c15-11-3-4-13-10(8-11)2-1-6-17(13)14(18)16-12-5-7-19-9-12/h3-4,8,12H,1-2,5-7,9,15H2,(H,16,18). The number of ether oxygens (including phenoxy) is 1. The van der Waals surface area contributed by atoms with Gasteiger partial charge < -0.3 is 15.8 Å². The molecule has 2 aliphatic heterocycles. The first-order chi connectivity index (χ1) is 9.24. The third-order valence-electron chi connectivity index (χ3n) is 3.72. The van der Waals surface area contributed by atoms with Crippen LogP contribution in [0.1, 0.15) is 18.4 Å². The Labute approximate surface area is 112 Å². The van der Waals surface area contributed by atoms with Crippen LogP contribution < -0.4 is 16.0 Å². The average molecular weight is 261 g/mol. The Morgan fingerprint density at radius 1 is 1.47 bits per heavy atom. The molecule has 102 valence electrons. The summed E-state index contributed by atoms with van der Waals surface area (Å²) in [5, 5.41) is 3.03. The second-order valence-electron chi connectivity index (χ2n) is 5.15. The lowest BCUT2D eigenvalue weighted by Crippen LogP contribution is -2.47. The minimum Gasteiger partial charge on any atom is -0.399 e. The summed E-state index contributed by atoms with van der Waals surface area (Å²) in [6.45, 7) is 2.11. The van der Waals surface area contributed by atoms with E-state index in [2.05, 4.69) is 5.32 Å². The Bertz CT molecular complexity index is 484. The number of amides is 2. The number of benzene rings is 1. The van der Waals surface area contributed by atoms with Gasteiger partial charge in [0.1, 0.15) is 0 Å². The van der Waals surface area contributed by atoms with Gasteiger partial charge in [0.15, 0.2) is 0 Å². The number of hydrogen-bond acceptors (Lipinski definition) is 3. The molecule has 2 aliphatic rings. The van der Waals surface area contributed by atoms with Crippen LogP contribution in [-0.4, -0.2) is 31.8 Å². The van der Waals surface area contributed by atoms with Gasteiger partial charge in [-0.15, -0.1) is 0 Å². The number of fused-ring (bicyclic) bond motifs is 1. The molecule has 1 saturated heterocycles. The van der Waals surface area contributed by atoms with Crippen molar-refractivity contribution in [1.82, 2.24) is 5.32 Å². The highest BCUT2D eigenvalue weighted by molar-refractivity contribution is 5.93. The summed E-state index contributed by atoms with van der Waals surface area (Å²) in [5.41, 5.74) is 8.69. The minimum atomic E-state index is -0.0266. The molecule has 2 heterocycles. The van der Waals surface area contributed by atoms with Gasteiger partial charge in [0.2, 0.25) is 0 Å². The fourth-order valence-corrected chi connectivity index (χ4v) is 2.73. The molecule has 0 saturated carbocycles. The number of carbonyl (C=O) groups excluding carboxylic acids is 1. The van der Waals surface area contributed by atoms with E-state index in [4.69, 9.17) is 10.5 Å². The SMILES string of the molecule is Nc1ccc2c(c1)CCCN2C(=O)NC1CCOC1. The minimum absolute atomic E-state index is 0.0266. The summed E-state index contributed by atoms with van der Waals surface area (Å²) in [5.74, 6) is 0. The van der Waals surface area contributed by atoms with Crippen LogP contribution in [0.2, 0.25) is 0 Å². The van der Waals surface area contributed by atoms with Gasteiger partial charge in [-0.25, -0.2) is 4.79 Å². The molecule has 1 aromatic rings. The van der Waals surface area contributed by atoms with Gasteiger partial charge >= 0.3 is 6.03 Å². The lowest BCUT2D eigenvalue weighted by Gasteiger charge is -2.30. The van der Waals surface area contributed by atoms with Gasteiger partial charge in [-0.2, -0.15) is 0 Å². The van der Waals surface area contributed by atoms with Crippen LogP contribution in [0.5, 0.6) is 0 Å². The summed E-state index contributed by atoms with van der Waals surface area (Å²) in [7, 11) is 0. The van der Waals surface area contributed by atoms with Crippen LogP contribution in [0.25, 0.3) is 0 Å². The van der Waals surface area contributed by atoms with Crippen molar-refractivity contribution in [3.8, 4) is 0 Å². The Morgan fingerprint density at radius 3 is 3.16 bits per heavy atom. The molecule has 1 fully saturated rings. The number of urea groups is 1. The molecule has 0 spiro atoms. The molecule has 0 aromatic heterocycles.